The molecule has 0 saturated heterocycles. The van der Waals surface area contributed by atoms with Gasteiger partial charge in [0.2, 0.25) is 0 Å². The van der Waals surface area contributed by atoms with Crippen LogP contribution in [0.3, 0.4) is 0 Å². The van der Waals surface area contributed by atoms with Gasteiger partial charge in [0.15, 0.2) is 17.4 Å². The number of benzene rings is 1. The van der Waals surface area contributed by atoms with Crippen LogP contribution in [0.1, 0.15) is 61.4 Å². The van der Waals surface area contributed by atoms with E-state index in [9.17, 15) is 13.6 Å². The minimum absolute atomic E-state index is 0.187. The minimum atomic E-state index is -1.05. The van der Waals surface area contributed by atoms with Crippen LogP contribution < -0.4 is 0 Å². The molecule has 2 nitrogen and oxygen atoms in total. The number of ether oxygens (including phenoxy) is 1. The van der Waals surface area contributed by atoms with Gasteiger partial charge in [0, 0.05) is 6.61 Å². The van der Waals surface area contributed by atoms with E-state index in [0.717, 1.165) is 25.7 Å². The van der Waals surface area contributed by atoms with E-state index >= 15 is 0 Å². The molecule has 0 aliphatic heterocycles. The average Bonchev–Trinajstić information content (AvgIpc) is 2.71. The molecule has 4 heteroatoms. The first-order valence-electron chi connectivity index (χ1n) is 7.65. The van der Waals surface area contributed by atoms with Gasteiger partial charge in [-0.3, -0.25) is 4.79 Å². The summed E-state index contributed by atoms with van der Waals surface area (Å²) in [6, 6.07) is 2.82. The Morgan fingerprint density at radius 1 is 1.14 bits per heavy atom. The van der Waals surface area contributed by atoms with E-state index in [-0.39, 0.29) is 11.1 Å². The van der Waals surface area contributed by atoms with Crippen LogP contribution in [0.5, 0.6) is 0 Å². The second kappa shape index (κ2) is 6.65. The summed E-state index contributed by atoms with van der Waals surface area (Å²) >= 11 is 0. The molecule has 1 saturated carbocycles. The summed E-state index contributed by atoms with van der Waals surface area (Å²) in [5, 5.41) is 0. The summed E-state index contributed by atoms with van der Waals surface area (Å²) < 4.78 is 33.6. The summed E-state index contributed by atoms with van der Waals surface area (Å²) in [5.74, 6) is -2.41. The first-order chi connectivity index (χ1) is 10.0. The van der Waals surface area contributed by atoms with Crippen LogP contribution in [0.2, 0.25) is 0 Å². The van der Waals surface area contributed by atoms with Crippen LogP contribution in [0.4, 0.5) is 8.78 Å². The number of rotatable bonds is 4. The van der Waals surface area contributed by atoms with Crippen molar-refractivity contribution in [2.24, 2.45) is 0 Å². The van der Waals surface area contributed by atoms with Crippen molar-refractivity contribution in [3.05, 3.63) is 34.9 Å². The van der Waals surface area contributed by atoms with Crippen molar-refractivity contribution in [3.8, 4) is 0 Å². The monoisotopic (exact) mass is 296 g/mol. The van der Waals surface area contributed by atoms with Gasteiger partial charge in [-0.05, 0) is 38.3 Å². The molecule has 21 heavy (non-hydrogen) atoms. The zero-order valence-corrected chi connectivity index (χ0v) is 12.7. The second-order valence-electron chi connectivity index (χ2n) is 5.73. The largest absolute Gasteiger partial charge is 0.367 e. The summed E-state index contributed by atoms with van der Waals surface area (Å²) in [5.41, 5.74) is -0.975. The number of carbonyl (C=O) groups is 1. The molecular weight excluding hydrogens is 274 g/mol. The number of ketones is 1. The van der Waals surface area contributed by atoms with Crippen molar-refractivity contribution in [1.29, 1.82) is 0 Å². The third-order valence-electron chi connectivity index (χ3n) is 4.27. The van der Waals surface area contributed by atoms with E-state index in [1.54, 1.807) is 0 Å². The van der Waals surface area contributed by atoms with Crippen molar-refractivity contribution >= 4 is 5.78 Å². The molecule has 0 spiro atoms. The highest BCUT2D eigenvalue weighted by atomic mass is 19.2. The van der Waals surface area contributed by atoms with Crippen molar-refractivity contribution in [3.63, 3.8) is 0 Å². The van der Waals surface area contributed by atoms with E-state index < -0.39 is 23.0 Å². The Bertz CT molecular complexity index is 518. The van der Waals surface area contributed by atoms with E-state index in [0.29, 0.717) is 19.4 Å². The maximum atomic E-state index is 14.1. The average molecular weight is 296 g/mol. The molecule has 0 atom stereocenters. The van der Waals surface area contributed by atoms with Crippen LogP contribution in [-0.2, 0) is 4.74 Å². The number of halogens is 2. The van der Waals surface area contributed by atoms with Crippen molar-refractivity contribution in [1.82, 2.24) is 0 Å². The molecule has 2 rings (SSSR count). The van der Waals surface area contributed by atoms with Gasteiger partial charge in [0.25, 0.3) is 0 Å². The Morgan fingerprint density at radius 2 is 1.76 bits per heavy atom. The van der Waals surface area contributed by atoms with Crippen LogP contribution in [-0.4, -0.2) is 18.0 Å². The lowest BCUT2D eigenvalue weighted by Gasteiger charge is -2.31. The van der Waals surface area contributed by atoms with Crippen LogP contribution in [0, 0.1) is 18.6 Å². The van der Waals surface area contributed by atoms with E-state index in [1.165, 1.54) is 19.1 Å². The predicted molar refractivity (Wildman–Crippen MR) is 77.5 cm³/mol. The molecule has 0 amide bonds. The highest BCUT2D eigenvalue weighted by Crippen LogP contribution is 2.34. The number of aryl methyl sites for hydroxylation is 1. The summed E-state index contributed by atoms with van der Waals surface area (Å²) in [6.07, 6.45) is 5.01. The summed E-state index contributed by atoms with van der Waals surface area (Å²) in [7, 11) is 0. The second-order valence-corrected chi connectivity index (χ2v) is 5.73. The first-order valence-corrected chi connectivity index (χ1v) is 7.65. The number of hydrogen-bond acceptors (Lipinski definition) is 2. The highest BCUT2D eigenvalue weighted by molar-refractivity contribution is 6.02. The molecule has 1 fully saturated rings. The zero-order valence-electron chi connectivity index (χ0n) is 12.7. The van der Waals surface area contributed by atoms with Gasteiger partial charge in [0.1, 0.15) is 5.60 Å². The molecule has 0 unspecified atom stereocenters. The number of Topliss-reactive ketones (excluding diaryl/α,β-unsaturated/α-hetero) is 1. The molecule has 0 heterocycles. The molecule has 1 aliphatic rings. The predicted octanol–water partition coefficient (Wildman–Crippen LogP) is 4.59. The molecule has 0 radical (unpaired) electrons. The molecule has 1 aromatic rings. The van der Waals surface area contributed by atoms with Gasteiger partial charge >= 0.3 is 0 Å². The van der Waals surface area contributed by atoms with Crippen LogP contribution >= 0.6 is 0 Å². The van der Waals surface area contributed by atoms with E-state index in [2.05, 4.69) is 0 Å². The SMILES string of the molecule is CCOC1(C(=O)c2ccc(C)c(F)c2F)CCCCCC1. The van der Waals surface area contributed by atoms with Crippen LogP contribution in [0.15, 0.2) is 12.1 Å². The lowest BCUT2D eigenvalue weighted by Crippen LogP contribution is -2.42. The zero-order chi connectivity index (χ0) is 15.5. The summed E-state index contributed by atoms with van der Waals surface area (Å²) in [4.78, 5) is 12.8. The van der Waals surface area contributed by atoms with E-state index in [4.69, 9.17) is 4.74 Å². The van der Waals surface area contributed by atoms with Crippen molar-refractivity contribution in [2.45, 2.75) is 58.0 Å². The Balaban J connectivity index is 2.41. The molecule has 0 aromatic heterocycles. The highest BCUT2D eigenvalue weighted by Gasteiger charge is 2.41. The van der Waals surface area contributed by atoms with E-state index in [1.807, 2.05) is 6.92 Å². The molecule has 0 N–H and O–H groups in total. The quantitative estimate of drug-likeness (QED) is 0.600. The normalized spacial score (nSPS) is 18.3. The Hall–Kier alpha value is -1.29. The van der Waals surface area contributed by atoms with Gasteiger partial charge < -0.3 is 4.74 Å². The fourth-order valence-electron chi connectivity index (χ4n) is 3.08. The summed E-state index contributed by atoms with van der Waals surface area (Å²) in [6.45, 7) is 3.70. The van der Waals surface area contributed by atoms with Crippen molar-refractivity contribution < 1.29 is 18.3 Å². The molecular formula is C17H22F2O2. The van der Waals surface area contributed by atoms with Crippen molar-refractivity contribution in [2.75, 3.05) is 6.61 Å². The lowest BCUT2D eigenvalue weighted by molar-refractivity contribution is -0.0295. The number of hydrogen-bond donors (Lipinski definition) is 0. The van der Waals surface area contributed by atoms with Gasteiger partial charge in [-0.1, -0.05) is 31.7 Å². The first kappa shape index (κ1) is 16.1. The lowest BCUT2D eigenvalue weighted by atomic mass is 9.85. The van der Waals surface area contributed by atoms with Crippen LogP contribution in [0.25, 0.3) is 0 Å². The third-order valence-corrected chi connectivity index (χ3v) is 4.27. The Morgan fingerprint density at radius 3 is 2.33 bits per heavy atom. The third kappa shape index (κ3) is 3.15. The maximum Gasteiger partial charge on any atom is 0.197 e. The fourth-order valence-corrected chi connectivity index (χ4v) is 3.08. The molecule has 116 valence electrons. The van der Waals surface area contributed by atoms with Gasteiger partial charge in [-0.2, -0.15) is 0 Å². The molecule has 1 aliphatic carbocycles. The smallest absolute Gasteiger partial charge is 0.197 e. The maximum absolute atomic E-state index is 14.1. The topological polar surface area (TPSA) is 26.3 Å². The molecule has 0 bridgehead atoms. The Kier molecular flexibility index (Phi) is 5.09. The van der Waals surface area contributed by atoms with Gasteiger partial charge in [0.05, 0.1) is 5.56 Å². The van der Waals surface area contributed by atoms with Gasteiger partial charge in [-0.25, -0.2) is 8.78 Å². The fraction of sp³-hybridized carbons (Fsp3) is 0.588. The standard InChI is InChI=1S/C17H22F2O2/c1-3-21-17(10-6-4-5-7-11-17)16(20)13-9-8-12(2)14(18)15(13)19/h8-9H,3-7,10-11H2,1-2H3. The minimum Gasteiger partial charge on any atom is -0.367 e. The Labute approximate surface area is 124 Å². The van der Waals surface area contributed by atoms with Gasteiger partial charge in [-0.15, -0.1) is 0 Å². The molecule has 1 aromatic carbocycles. The number of carbonyl (C=O) groups excluding carboxylic acids is 1.